The fraction of sp³-hybridized carbons (Fsp3) is 0.125. The minimum Gasteiger partial charge on any atom is -0.283 e. The molecule has 0 aliphatic carbocycles. The average molecular weight is 303 g/mol. The molecule has 0 aliphatic heterocycles. The third-order valence-corrected chi connectivity index (χ3v) is 4.02. The van der Waals surface area contributed by atoms with E-state index in [9.17, 15) is 8.42 Å². The zero-order valence-corrected chi connectivity index (χ0v) is 12.5. The summed E-state index contributed by atoms with van der Waals surface area (Å²) in [6.07, 6.45) is 3.60. The molecule has 0 atom stereocenters. The lowest BCUT2D eigenvalue weighted by atomic mass is 10.2. The molecular formula is C16H17NO3S. The monoisotopic (exact) mass is 303 g/mol. The maximum absolute atomic E-state index is 11.9. The number of sulfonamides is 1. The van der Waals surface area contributed by atoms with E-state index in [0.717, 1.165) is 11.1 Å². The molecule has 2 rings (SSSR count). The largest absolute Gasteiger partial charge is 0.283 e. The molecule has 1 N–H and O–H groups in total. The second-order valence-electron chi connectivity index (χ2n) is 4.52. The highest BCUT2D eigenvalue weighted by Crippen LogP contribution is 2.09. The molecule has 0 aliphatic rings. The first kappa shape index (κ1) is 15.4. The van der Waals surface area contributed by atoms with E-state index < -0.39 is 10.0 Å². The van der Waals surface area contributed by atoms with E-state index >= 15 is 0 Å². The maximum atomic E-state index is 11.9. The third kappa shape index (κ3) is 4.82. The highest BCUT2D eigenvalue weighted by molar-refractivity contribution is 7.89. The van der Waals surface area contributed by atoms with Gasteiger partial charge in [0, 0.05) is 0 Å². The van der Waals surface area contributed by atoms with Gasteiger partial charge in [-0.15, -0.1) is 0 Å². The summed E-state index contributed by atoms with van der Waals surface area (Å²) in [4.78, 5) is 7.26. The summed E-state index contributed by atoms with van der Waals surface area (Å²) in [6.45, 7) is 2.05. The molecule has 0 spiro atoms. The molecule has 0 fully saturated rings. The van der Waals surface area contributed by atoms with E-state index in [1.54, 1.807) is 30.3 Å². The van der Waals surface area contributed by atoms with Crippen LogP contribution in [0.1, 0.15) is 11.1 Å². The van der Waals surface area contributed by atoms with Crippen molar-refractivity contribution in [1.82, 2.24) is 4.89 Å². The smallest absolute Gasteiger partial charge is 0.262 e. The van der Waals surface area contributed by atoms with Crippen LogP contribution in [0.25, 0.3) is 6.08 Å². The van der Waals surface area contributed by atoms with Crippen LogP contribution in [0.3, 0.4) is 0 Å². The predicted molar refractivity (Wildman–Crippen MR) is 82.9 cm³/mol. The maximum Gasteiger partial charge on any atom is 0.262 e. The zero-order valence-electron chi connectivity index (χ0n) is 11.7. The molecule has 0 unspecified atom stereocenters. The van der Waals surface area contributed by atoms with Crippen LogP contribution < -0.4 is 4.89 Å². The van der Waals surface area contributed by atoms with Crippen molar-refractivity contribution in [2.24, 2.45) is 0 Å². The van der Waals surface area contributed by atoms with Gasteiger partial charge < -0.3 is 0 Å². The molecule has 21 heavy (non-hydrogen) atoms. The number of hydrogen-bond acceptors (Lipinski definition) is 3. The van der Waals surface area contributed by atoms with Crippen LogP contribution in [0.2, 0.25) is 0 Å². The Morgan fingerprint density at radius 1 is 1.05 bits per heavy atom. The molecule has 0 heterocycles. The second-order valence-corrected chi connectivity index (χ2v) is 6.17. The van der Waals surface area contributed by atoms with Gasteiger partial charge in [-0.1, -0.05) is 65.1 Å². The molecule has 2 aromatic rings. The molecule has 0 bridgehead atoms. The van der Waals surface area contributed by atoms with Gasteiger partial charge in [-0.2, -0.15) is 0 Å². The normalized spacial score (nSPS) is 11.9. The van der Waals surface area contributed by atoms with E-state index in [-0.39, 0.29) is 11.5 Å². The van der Waals surface area contributed by atoms with Gasteiger partial charge in [0.05, 0.1) is 11.5 Å². The summed E-state index contributed by atoms with van der Waals surface area (Å²) in [5, 5.41) is 0. The Balaban J connectivity index is 1.85. The fourth-order valence-corrected chi connectivity index (χ4v) is 2.49. The molecule has 0 radical (unpaired) electrons. The van der Waals surface area contributed by atoms with Crippen molar-refractivity contribution in [1.29, 1.82) is 0 Å². The molecule has 5 heteroatoms. The molecule has 2 aromatic carbocycles. The fourth-order valence-electron chi connectivity index (χ4n) is 1.67. The van der Waals surface area contributed by atoms with Crippen molar-refractivity contribution in [2.75, 3.05) is 6.61 Å². The summed E-state index contributed by atoms with van der Waals surface area (Å²) in [7, 11) is -3.63. The summed E-state index contributed by atoms with van der Waals surface area (Å²) >= 11 is 0. The standard InChI is InChI=1S/C16H17NO3S/c1-14-9-11-16(12-10-14)21(18,19)17-20-13-5-8-15-6-3-2-4-7-15/h2-12,17H,13H2,1H3/b8-5+. The van der Waals surface area contributed by atoms with Gasteiger partial charge in [-0.05, 0) is 24.6 Å². The summed E-state index contributed by atoms with van der Waals surface area (Å²) in [6, 6.07) is 16.3. The molecule has 0 saturated carbocycles. The van der Waals surface area contributed by atoms with Crippen LogP contribution >= 0.6 is 0 Å². The average Bonchev–Trinajstić information content (AvgIpc) is 2.48. The molecule has 110 valence electrons. The lowest BCUT2D eigenvalue weighted by Gasteiger charge is -2.05. The van der Waals surface area contributed by atoms with Crippen LogP contribution in [0.15, 0.2) is 65.6 Å². The van der Waals surface area contributed by atoms with Crippen molar-refractivity contribution in [2.45, 2.75) is 11.8 Å². The lowest BCUT2D eigenvalue weighted by molar-refractivity contribution is 0.119. The van der Waals surface area contributed by atoms with E-state index in [0.29, 0.717) is 0 Å². The van der Waals surface area contributed by atoms with Gasteiger partial charge in [0.2, 0.25) is 0 Å². The van der Waals surface area contributed by atoms with Crippen LogP contribution in [-0.2, 0) is 14.9 Å². The quantitative estimate of drug-likeness (QED) is 0.659. The van der Waals surface area contributed by atoms with Gasteiger partial charge >= 0.3 is 0 Å². The SMILES string of the molecule is Cc1ccc(S(=O)(=O)NOC/C=C/c2ccccc2)cc1. The Bertz CT molecular complexity index is 692. The van der Waals surface area contributed by atoms with Gasteiger partial charge in [0.25, 0.3) is 10.0 Å². The van der Waals surface area contributed by atoms with Crippen molar-refractivity contribution >= 4 is 16.1 Å². The minimum absolute atomic E-state index is 0.153. The van der Waals surface area contributed by atoms with Gasteiger partial charge in [-0.3, -0.25) is 4.84 Å². The lowest BCUT2D eigenvalue weighted by Crippen LogP contribution is -2.24. The second kappa shape index (κ2) is 7.17. The van der Waals surface area contributed by atoms with E-state index in [2.05, 4.69) is 4.89 Å². The third-order valence-electron chi connectivity index (χ3n) is 2.79. The van der Waals surface area contributed by atoms with Gasteiger partial charge in [0.1, 0.15) is 0 Å². The van der Waals surface area contributed by atoms with Gasteiger partial charge in [0.15, 0.2) is 0 Å². The number of rotatable bonds is 6. The van der Waals surface area contributed by atoms with Crippen molar-refractivity contribution in [3.63, 3.8) is 0 Å². The van der Waals surface area contributed by atoms with Crippen molar-refractivity contribution < 1.29 is 13.3 Å². The number of benzene rings is 2. The Labute approximate surface area is 125 Å². The first-order valence-electron chi connectivity index (χ1n) is 6.50. The van der Waals surface area contributed by atoms with Crippen molar-refractivity contribution in [3.05, 3.63) is 71.8 Å². The molecule has 4 nitrogen and oxygen atoms in total. The van der Waals surface area contributed by atoms with Crippen LogP contribution in [0.5, 0.6) is 0 Å². The molecule has 0 amide bonds. The number of aryl methyl sites for hydroxylation is 1. The topological polar surface area (TPSA) is 55.4 Å². The Morgan fingerprint density at radius 2 is 1.71 bits per heavy atom. The minimum atomic E-state index is -3.63. The first-order valence-corrected chi connectivity index (χ1v) is 7.98. The van der Waals surface area contributed by atoms with E-state index in [1.165, 1.54) is 0 Å². The van der Waals surface area contributed by atoms with E-state index in [1.807, 2.05) is 43.3 Å². The van der Waals surface area contributed by atoms with Crippen LogP contribution in [0, 0.1) is 6.92 Å². The summed E-state index contributed by atoms with van der Waals surface area (Å²) in [5.41, 5.74) is 2.03. The summed E-state index contributed by atoms with van der Waals surface area (Å²) < 4.78 is 23.8. The zero-order chi connectivity index (χ0) is 15.1. The Hall–Kier alpha value is -1.95. The molecule has 0 saturated heterocycles. The summed E-state index contributed by atoms with van der Waals surface area (Å²) in [5.74, 6) is 0. The number of hydrogen-bond donors (Lipinski definition) is 1. The van der Waals surface area contributed by atoms with Gasteiger partial charge in [-0.25, -0.2) is 8.42 Å². The highest BCUT2D eigenvalue weighted by atomic mass is 32.2. The highest BCUT2D eigenvalue weighted by Gasteiger charge is 2.12. The number of nitrogens with one attached hydrogen (secondary N) is 1. The Kier molecular flexibility index (Phi) is 5.27. The molecule has 0 aromatic heterocycles. The molecular weight excluding hydrogens is 286 g/mol. The van der Waals surface area contributed by atoms with Crippen LogP contribution in [0.4, 0.5) is 0 Å². The van der Waals surface area contributed by atoms with E-state index in [4.69, 9.17) is 4.84 Å². The van der Waals surface area contributed by atoms with Crippen LogP contribution in [-0.4, -0.2) is 15.0 Å². The first-order chi connectivity index (χ1) is 10.1. The predicted octanol–water partition coefficient (Wildman–Crippen LogP) is 2.92. The Morgan fingerprint density at radius 3 is 2.38 bits per heavy atom. The van der Waals surface area contributed by atoms with Crippen molar-refractivity contribution in [3.8, 4) is 0 Å².